The molecule has 1 saturated heterocycles. The van der Waals surface area contributed by atoms with E-state index < -0.39 is 11.8 Å². The van der Waals surface area contributed by atoms with Crippen LogP contribution in [0.4, 0.5) is 5.69 Å². The number of aryl methyl sites for hydroxylation is 1. The Morgan fingerprint density at radius 3 is 2.33 bits per heavy atom. The fourth-order valence-corrected chi connectivity index (χ4v) is 2.93. The summed E-state index contributed by atoms with van der Waals surface area (Å²) in [4.78, 5) is 25.5. The minimum absolute atomic E-state index is 0.0262. The van der Waals surface area contributed by atoms with Gasteiger partial charge in [0.25, 0.3) is 0 Å². The number of benzene rings is 1. The molecule has 5 heteroatoms. The maximum absolute atomic E-state index is 11.6. The zero-order valence-corrected chi connectivity index (χ0v) is 14.8. The topological polar surface area (TPSA) is 61.4 Å². The SMILES string of the molecule is CC(C)NC(=O)C(=O)NCCCc1ccc(N2CCCCC2)cc1. The molecule has 1 aromatic rings. The lowest BCUT2D eigenvalue weighted by Crippen LogP contribution is -2.43. The van der Waals surface area contributed by atoms with Crippen molar-refractivity contribution in [3.05, 3.63) is 29.8 Å². The van der Waals surface area contributed by atoms with Crippen LogP contribution >= 0.6 is 0 Å². The van der Waals surface area contributed by atoms with Gasteiger partial charge in [0.2, 0.25) is 0 Å². The maximum Gasteiger partial charge on any atom is 0.309 e. The van der Waals surface area contributed by atoms with Crippen molar-refractivity contribution in [2.24, 2.45) is 0 Å². The lowest BCUT2D eigenvalue weighted by Gasteiger charge is -2.28. The molecule has 0 radical (unpaired) electrons. The van der Waals surface area contributed by atoms with Gasteiger partial charge in [-0.3, -0.25) is 9.59 Å². The van der Waals surface area contributed by atoms with Crippen molar-refractivity contribution in [1.82, 2.24) is 10.6 Å². The van der Waals surface area contributed by atoms with Crippen molar-refractivity contribution in [2.75, 3.05) is 24.5 Å². The smallest absolute Gasteiger partial charge is 0.309 e. The predicted molar refractivity (Wildman–Crippen MR) is 97.1 cm³/mol. The average molecular weight is 331 g/mol. The first-order valence-corrected chi connectivity index (χ1v) is 8.99. The second kappa shape index (κ2) is 9.30. The van der Waals surface area contributed by atoms with Gasteiger partial charge in [-0.15, -0.1) is 0 Å². The summed E-state index contributed by atoms with van der Waals surface area (Å²) in [5, 5.41) is 5.24. The third kappa shape index (κ3) is 5.87. The maximum atomic E-state index is 11.6. The highest BCUT2D eigenvalue weighted by Crippen LogP contribution is 2.20. The van der Waals surface area contributed by atoms with E-state index in [4.69, 9.17) is 0 Å². The quantitative estimate of drug-likeness (QED) is 0.621. The number of amides is 2. The molecular weight excluding hydrogens is 302 g/mol. The standard InChI is InChI=1S/C19H29N3O2/c1-15(2)21-19(24)18(23)20-12-6-7-16-8-10-17(11-9-16)22-13-4-3-5-14-22/h8-11,15H,3-7,12-14H2,1-2H3,(H,20,23)(H,21,24). The van der Waals surface area contributed by atoms with Gasteiger partial charge in [-0.25, -0.2) is 0 Å². The molecule has 24 heavy (non-hydrogen) atoms. The number of rotatable bonds is 6. The summed E-state index contributed by atoms with van der Waals surface area (Å²) >= 11 is 0. The van der Waals surface area contributed by atoms with Crippen molar-refractivity contribution in [2.45, 2.75) is 52.0 Å². The minimum Gasteiger partial charge on any atom is -0.372 e. The van der Waals surface area contributed by atoms with Gasteiger partial charge >= 0.3 is 11.8 Å². The summed E-state index contributed by atoms with van der Waals surface area (Å²) in [5.74, 6) is -1.11. The van der Waals surface area contributed by atoms with Gasteiger partial charge in [0.1, 0.15) is 0 Å². The molecule has 1 aromatic carbocycles. The van der Waals surface area contributed by atoms with Crippen LogP contribution in [-0.2, 0) is 16.0 Å². The molecule has 5 nitrogen and oxygen atoms in total. The number of carbonyl (C=O) groups is 2. The second-order valence-corrected chi connectivity index (χ2v) is 6.70. The van der Waals surface area contributed by atoms with E-state index in [-0.39, 0.29) is 6.04 Å². The number of nitrogens with one attached hydrogen (secondary N) is 2. The molecule has 2 N–H and O–H groups in total. The number of nitrogens with zero attached hydrogens (tertiary/aromatic N) is 1. The summed E-state index contributed by atoms with van der Waals surface area (Å²) in [6.07, 6.45) is 5.63. The van der Waals surface area contributed by atoms with Crippen LogP contribution in [-0.4, -0.2) is 37.5 Å². The molecule has 2 rings (SSSR count). The first-order chi connectivity index (χ1) is 11.6. The Balaban J connectivity index is 1.69. The average Bonchev–Trinajstić information content (AvgIpc) is 2.59. The van der Waals surface area contributed by atoms with Crippen LogP contribution in [0, 0.1) is 0 Å². The van der Waals surface area contributed by atoms with Crippen LogP contribution in [0.15, 0.2) is 24.3 Å². The highest BCUT2D eigenvalue weighted by Gasteiger charge is 2.13. The molecule has 2 amide bonds. The van der Waals surface area contributed by atoms with Crippen molar-refractivity contribution in [3.8, 4) is 0 Å². The van der Waals surface area contributed by atoms with Gasteiger partial charge in [0.15, 0.2) is 0 Å². The lowest BCUT2D eigenvalue weighted by molar-refractivity contribution is -0.139. The summed E-state index contributed by atoms with van der Waals surface area (Å²) < 4.78 is 0. The summed E-state index contributed by atoms with van der Waals surface area (Å²) in [5.41, 5.74) is 2.56. The van der Waals surface area contributed by atoms with Crippen LogP contribution in [0.5, 0.6) is 0 Å². The Kier molecular flexibility index (Phi) is 7.09. The zero-order valence-electron chi connectivity index (χ0n) is 14.8. The lowest BCUT2D eigenvalue weighted by atomic mass is 10.1. The second-order valence-electron chi connectivity index (χ2n) is 6.70. The Labute approximate surface area is 144 Å². The van der Waals surface area contributed by atoms with E-state index in [1.807, 2.05) is 13.8 Å². The molecule has 0 aromatic heterocycles. The molecule has 1 heterocycles. The fraction of sp³-hybridized carbons (Fsp3) is 0.579. The molecule has 1 aliphatic heterocycles. The normalized spacial score (nSPS) is 14.5. The third-order valence-corrected chi connectivity index (χ3v) is 4.21. The van der Waals surface area contributed by atoms with Crippen LogP contribution in [0.1, 0.15) is 45.1 Å². The van der Waals surface area contributed by atoms with Crippen molar-refractivity contribution in [1.29, 1.82) is 0 Å². The molecule has 1 aliphatic rings. The number of anilines is 1. The molecule has 1 fully saturated rings. The van der Waals surface area contributed by atoms with E-state index in [9.17, 15) is 9.59 Å². The van der Waals surface area contributed by atoms with E-state index >= 15 is 0 Å². The van der Waals surface area contributed by atoms with Crippen LogP contribution in [0.3, 0.4) is 0 Å². The van der Waals surface area contributed by atoms with E-state index in [2.05, 4.69) is 39.8 Å². The van der Waals surface area contributed by atoms with E-state index in [0.717, 1.165) is 25.9 Å². The van der Waals surface area contributed by atoms with Gasteiger partial charge < -0.3 is 15.5 Å². The van der Waals surface area contributed by atoms with Crippen molar-refractivity contribution >= 4 is 17.5 Å². The number of hydrogen-bond donors (Lipinski definition) is 2. The molecule has 0 aliphatic carbocycles. The monoisotopic (exact) mass is 331 g/mol. The Bertz CT molecular complexity index is 534. The summed E-state index contributed by atoms with van der Waals surface area (Å²) in [6, 6.07) is 8.68. The summed E-state index contributed by atoms with van der Waals surface area (Å²) in [6.45, 7) is 6.49. The van der Waals surface area contributed by atoms with Crippen LogP contribution in [0.25, 0.3) is 0 Å². The largest absolute Gasteiger partial charge is 0.372 e. The predicted octanol–water partition coefficient (Wildman–Crippen LogP) is 2.25. The Morgan fingerprint density at radius 2 is 1.71 bits per heavy atom. The van der Waals surface area contributed by atoms with Gasteiger partial charge in [-0.2, -0.15) is 0 Å². The molecule has 0 spiro atoms. The molecule has 0 atom stereocenters. The molecule has 0 unspecified atom stereocenters. The molecule has 0 saturated carbocycles. The Hall–Kier alpha value is -2.04. The molecular formula is C19H29N3O2. The van der Waals surface area contributed by atoms with E-state index in [0.29, 0.717) is 6.54 Å². The van der Waals surface area contributed by atoms with Gasteiger partial charge in [0.05, 0.1) is 0 Å². The van der Waals surface area contributed by atoms with Gasteiger partial charge in [0, 0.05) is 31.4 Å². The van der Waals surface area contributed by atoms with Crippen molar-refractivity contribution < 1.29 is 9.59 Å². The molecule has 0 bridgehead atoms. The summed E-state index contributed by atoms with van der Waals surface area (Å²) in [7, 11) is 0. The Morgan fingerprint density at radius 1 is 1.04 bits per heavy atom. The van der Waals surface area contributed by atoms with E-state index in [1.54, 1.807) is 0 Å². The highest BCUT2D eigenvalue weighted by molar-refractivity contribution is 6.35. The molecule has 132 valence electrons. The number of hydrogen-bond acceptors (Lipinski definition) is 3. The third-order valence-electron chi connectivity index (χ3n) is 4.21. The highest BCUT2D eigenvalue weighted by atomic mass is 16.2. The van der Waals surface area contributed by atoms with Crippen LogP contribution < -0.4 is 15.5 Å². The first-order valence-electron chi connectivity index (χ1n) is 8.99. The fourth-order valence-electron chi connectivity index (χ4n) is 2.93. The van der Waals surface area contributed by atoms with Crippen molar-refractivity contribution in [3.63, 3.8) is 0 Å². The zero-order chi connectivity index (χ0) is 17.4. The van der Waals surface area contributed by atoms with Gasteiger partial charge in [-0.1, -0.05) is 12.1 Å². The number of piperidine rings is 1. The minimum atomic E-state index is -0.559. The van der Waals surface area contributed by atoms with Gasteiger partial charge in [-0.05, 0) is 63.6 Å². The van der Waals surface area contributed by atoms with Crippen LogP contribution in [0.2, 0.25) is 0 Å². The van der Waals surface area contributed by atoms with E-state index in [1.165, 1.54) is 30.5 Å². The number of carbonyl (C=O) groups excluding carboxylic acids is 2. The first kappa shape index (κ1) is 18.3.